The first-order chi connectivity index (χ1) is 9.16. The van der Waals surface area contributed by atoms with E-state index in [1.807, 2.05) is 6.26 Å². The molecule has 1 atom stereocenters. The summed E-state index contributed by atoms with van der Waals surface area (Å²) in [6.45, 7) is 10.4. The number of piperidine rings is 1. The molecule has 0 amide bonds. The Balaban J connectivity index is 2.15. The van der Waals surface area contributed by atoms with Crippen molar-refractivity contribution in [3.63, 3.8) is 0 Å². The van der Waals surface area contributed by atoms with Crippen molar-refractivity contribution in [3.05, 3.63) is 24.2 Å². The van der Waals surface area contributed by atoms with E-state index in [1.165, 1.54) is 37.9 Å². The predicted octanol–water partition coefficient (Wildman–Crippen LogP) is 3.58. The van der Waals surface area contributed by atoms with Crippen LogP contribution in [-0.4, -0.2) is 30.1 Å². The zero-order valence-electron chi connectivity index (χ0n) is 12.6. The molecule has 1 aromatic heterocycles. The molecule has 1 aliphatic rings. The molecule has 0 saturated carbocycles. The van der Waals surface area contributed by atoms with Crippen LogP contribution in [0.25, 0.3) is 0 Å². The van der Waals surface area contributed by atoms with E-state index in [9.17, 15) is 0 Å². The Kier molecular flexibility index (Phi) is 5.06. The van der Waals surface area contributed by atoms with Crippen molar-refractivity contribution in [2.75, 3.05) is 19.6 Å². The van der Waals surface area contributed by atoms with Gasteiger partial charge in [0.2, 0.25) is 0 Å². The Labute approximate surface area is 117 Å². The highest BCUT2D eigenvalue weighted by Gasteiger charge is 2.36. The molecular formula is C16H28N2O. The van der Waals surface area contributed by atoms with Crippen LogP contribution in [0.5, 0.6) is 0 Å². The van der Waals surface area contributed by atoms with Gasteiger partial charge in [-0.2, -0.15) is 0 Å². The summed E-state index contributed by atoms with van der Waals surface area (Å²) in [4.78, 5) is 2.64. The van der Waals surface area contributed by atoms with Crippen molar-refractivity contribution in [2.24, 2.45) is 0 Å². The summed E-state index contributed by atoms with van der Waals surface area (Å²) in [6, 6.07) is 2.43. The van der Waals surface area contributed by atoms with Crippen molar-refractivity contribution in [1.82, 2.24) is 10.2 Å². The fourth-order valence-corrected chi connectivity index (χ4v) is 3.16. The van der Waals surface area contributed by atoms with E-state index < -0.39 is 0 Å². The summed E-state index contributed by atoms with van der Waals surface area (Å²) in [5, 5.41) is 3.71. The quantitative estimate of drug-likeness (QED) is 0.851. The highest BCUT2D eigenvalue weighted by Crippen LogP contribution is 2.33. The van der Waals surface area contributed by atoms with Gasteiger partial charge >= 0.3 is 0 Å². The second kappa shape index (κ2) is 6.58. The zero-order chi connectivity index (χ0) is 13.7. The van der Waals surface area contributed by atoms with Gasteiger partial charge in [-0.1, -0.05) is 13.3 Å². The molecule has 1 fully saturated rings. The van der Waals surface area contributed by atoms with Crippen LogP contribution in [0.3, 0.4) is 0 Å². The molecule has 19 heavy (non-hydrogen) atoms. The van der Waals surface area contributed by atoms with Crippen LogP contribution < -0.4 is 5.32 Å². The minimum absolute atomic E-state index is 0.124. The van der Waals surface area contributed by atoms with Gasteiger partial charge in [0.05, 0.1) is 18.6 Å². The van der Waals surface area contributed by atoms with E-state index in [-0.39, 0.29) is 5.54 Å². The van der Waals surface area contributed by atoms with Gasteiger partial charge in [0.15, 0.2) is 0 Å². The van der Waals surface area contributed by atoms with E-state index >= 15 is 0 Å². The average Bonchev–Trinajstić information content (AvgIpc) is 2.94. The van der Waals surface area contributed by atoms with Gasteiger partial charge in [0.1, 0.15) is 0 Å². The predicted molar refractivity (Wildman–Crippen MR) is 79.2 cm³/mol. The Morgan fingerprint density at radius 2 is 2.05 bits per heavy atom. The number of hydrogen-bond donors (Lipinski definition) is 1. The summed E-state index contributed by atoms with van der Waals surface area (Å²) >= 11 is 0. The van der Waals surface area contributed by atoms with Crippen molar-refractivity contribution < 1.29 is 4.42 Å². The van der Waals surface area contributed by atoms with Gasteiger partial charge in [0.25, 0.3) is 0 Å². The number of nitrogens with zero attached hydrogens (tertiary/aromatic N) is 1. The molecule has 1 aromatic rings. The molecule has 2 rings (SSSR count). The van der Waals surface area contributed by atoms with Crippen molar-refractivity contribution in [3.8, 4) is 0 Å². The second-order valence-electron chi connectivity index (χ2n) is 6.15. The molecule has 1 N–H and O–H groups in total. The Bertz CT molecular complexity index is 353. The molecule has 2 heterocycles. The van der Waals surface area contributed by atoms with Crippen LogP contribution >= 0.6 is 0 Å². The Hall–Kier alpha value is -0.800. The highest BCUT2D eigenvalue weighted by molar-refractivity contribution is 5.17. The van der Waals surface area contributed by atoms with Gasteiger partial charge in [-0.25, -0.2) is 0 Å². The zero-order valence-corrected chi connectivity index (χ0v) is 12.6. The summed E-state index contributed by atoms with van der Waals surface area (Å²) in [6.07, 6.45) is 8.86. The van der Waals surface area contributed by atoms with Gasteiger partial charge in [-0.05, 0) is 58.8 Å². The van der Waals surface area contributed by atoms with Crippen LogP contribution in [0.2, 0.25) is 0 Å². The van der Waals surface area contributed by atoms with Crippen LogP contribution in [0.15, 0.2) is 23.0 Å². The molecule has 0 aliphatic carbocycles. The molecule has 3 nitrogen and oxygen atoms in total. The maximum atomic E-state index is 5.30. The first-order valence-electron chi connectivity index (χ1n) is 7.66. The average molecular weight is 264 g/mol. The number of likely N-dealkylation sites (tertiary alicyclic amines) is 1. The minimum Gasteiger partial charge on any atom is -0.472 e. The molecule has 0 bridgehead atoms. The molecule has 1 unspecified atom stereocenters. The molecule has 0 aromatic carbocycles. The van der Waals surface area contributed by atoms with Crippen LogP contribution in [0.4, 0.5) is 0 Å². The lowest BCUT2D eigenvalue weighted by Crippen LogP contribution is -2.54. The van der Waals surface area contributed by atoms with Crippen LogP contribution in [0, 0.1) is 0 Å². The lowest BCUT2D eigenvalue weighted by molar-refractivity contribution is 0.0606. The first kappa shape index (κ1) is 14.6. The topological polar surface area (TPSA) is 28.4 Å². The normalized spacial score (nSPS) is 19.5. The molecule has 3 heteroatoms. The molecular weight excluding hydrogens is 236 g/mol. The SMILES string of the molecule is CCCNC(c1ccoc1)C(C)(C)N1CCCCC1. The summed E-state index contributed by atoms with van der Waals surface area (Å²) in [7, 11) is 0. The smallest absolute Gasteiger partial charge is 0.0951 e. The van der Waals surface area contributed by atoms with Gasteiger partial charge in [-0.3, -0.25) is 4.90 Å². The fourth-order valence-electron chi connectivity index (χ4n) is 3.16. The second-order valence-corrected chi connectivity index (χ2v) is 6.15. The summed E-state index contributed by atoms with van der Waals surface area (Å²) in [5.41, 5.74) is 1.39. The number of rotatable bonds is 6. The van der Waals surface area contributed by atoms with Gasteiger partial charge < -0.3 is 9.73 Å². The third kappa shape index (κ3) is 3.40. The van der Waals surface area contributed by atoms with Gasteiger partial charge in [-0.15, -0.1) is 0 Å². The molecule has 108 valence electrons. The molecule has 1 saturated heterocycles. The van der Waals surface area contributed by atoms with Crippen LogP contribution in [-0.2, 0) is 0 Å². The summed E-state index contributed by atoms with van der Waals surface area (Å²) in [5.74, 6) is 0. The Morgan fingerprint density at radius 1 is 1.32 bits per heavy atom. The largest absolute Gasteiger partial charge is 0.472 e. The standard InChI is InChI=1S/C16H28N2O/c1-4-9-17-15(14-8-12-19-13-14)16(2,3)18-10-6-5-7-11-18/h8,12-13,15,17H,4-7,9-11H2,1-3H3. The fraction of sp³-hybridized carbons (Fsp3) is 0.750. The van der Waals surface area contributed by atoms with E-state index in [2.05, 4.69) is 37.1 Å². The van der Waals surface area contributed by atoms with Crippen molar-refractivity contribution in [2.45, 2.75) is 58.0 Å². The lowest BCUT2D eigenvalue weighted by Gasteiger charge is -2.46. The van der Waals surface area contributed by atoms with Crippen molar-refractivity contribution in [1.29, 1.82) is 0 Å². The molecule has 0 spiro atoms. The monoisotopic (exact) mass is 264 g/mol. The van der Waals surface area contributed by atoms with Gasteiger partial charge in [0, 0.05) is 11.1 Å². The number of hydrogen-bond acceptors (Lipinski definition) is 3. The van der Waals surface area contributed by atoms with E-state index in [0.29, 0.717) is 6.04 Å². The summed E-state index contributed by atoms with van der Waals surface area (Å²) < 4.78 is 5.30. The maximum absolute atomic E-state index is 5.30. The minimum atomic E-state index is 0.124. The van der Waals surface area contributed by atoms with E-state index in [0.717, 1.165) is 13.0 Å². The van der Waals surface area contributed by atoms with Crippen molar-refractivity contribution >= 4 is 0 Å². The number of nitrogens with one attached hydrogen (secondary N) is 1. The maximum Gasteiger partial charge on any atom is 0.0951 e. The molecule has 1 aliphatic heterocycles. The Morgan fingerprint density at radius 3 is 2.63 bits per heavy atom. The third-order valence-corrected chi connectivity index (χ3v) is 4.35. The molecule has 0 radical (unpaired) electrons. The first-order valence-corrected chi connectivity index (χ1v) is 7.66. The highest BCUT2D eigenvalue weighted by atomic mass is 16.3. The van der Waals surface area contributed by atoms with E-state index in [4.69, 9.17) is 4.42 Å². The third-order valence-electron chi connectivity index (χ3n) is 4.35. The van der Waals surface area contributed by atoms with E-state index in [1.54, 1.807) is 6.26 Å². The number of furan rings is 1. The van der Waals surface area contributed by atoms with Crippen LogP contribution in [0.1, 0.15) is 58.1 Å². The lowest BCUT2D eigenvalue weighted by atomic mass is 9.86.